The number of nitrogens with two attached hydrogens (primary N) is 6. The molecule has 0 saturated heterocycles. The lowest BCUT2D eigenvalue weighted by Crippen LogP contribution is -2.27. The number of nitrogen functional groups attached to an aromatic ring is 6. The van der Waals surface area contributed by atoms with Crippen LogP contribution in [0.5, 0.6) is 0 Å². The zero-order valence-corrected chi connectivity index (χ0v) is 64.7. The van der Waals surface area contributed by atoms with Crippen LogP contribution in [0.4, 0.5) is 68.2 Å². The molecule has 0 radical (unpaired) electrons. The third-order valence-corrected chi connectivity index (χ3v) is 16.5. The molecule has 0 heterocycles. The molecule has 26 heteroatoms. The van der Waals surface area contributed by atoms with Gasteiger partial charge in [-0.05, 0) is 212 Å². The van der Waals surface area contributed by atoms with Gasteiger partial charge in [-0.1, -0.05) is 13.3 Å². The Morgan fingerprint density at radius 2 is 0.748 bits per heavy atom. The Bertz CT molecular complexity index is 3220. The predicted molar refractivity (Wildman–Crippen MR) is 431 cm³/mol. The molecule has 580 valence electrons. The summed E-state index contributed by atoms with van der Waals surface area (Å²) in [5.74, 6) is -1.09. The number of hydrogen-bond donors (Lipinski definition) is 9. The van der Waals surface area contributed by atoms with Crippen molar-refractivity contribution >= 4 is 84.3 Å². The van der Waals surface area contributed by atoms with E-state index < -0.39 is 16.1 Å². The van der Waals surface area contributed by atoms with Crippen molar-refractivity contribution in [3.05, 3.63) is 144 Å². The Hall–Kier alpha value is -8.02. The van der Waals surface area contributed by atoms with E-state index in [1.807, 2.05) is 94.4 Å². The lowest BCUT2D eigenvalue weighted by atomic mass is 10.1. The van der Waals surface area contributed by atoms with E-state index in [0.29, 0.717) is 110 Å². The molecule has 0 atom stereocenters. The van der Waals surface area contributed by atoms with Gasteiger partial charge in [0.15, 0.2) is 0 Å². The quantitative estimate of drug-likeness (QED) is 0.00974. The first-order valence-electron chi connectivity index (χ1n) is 35.6. The average Bonchev–Trinajstić information content (AvgIpc) is 0.759. The second kappa shape index (κ2) is 57.4. The second-order valence-corrected chi connectivity index (χ2v) is 25.2. The van der Waals surface area contributed by atoms with Gasteiger partial charge in [-0.15, -0.1) is 0 Å². The van der Waals surface area contributed by atoms with Crippen LogP contribution in [-0.2, 0) is 52.8 Å². The third kappa shape index (κ3) is 45.0. The number of anilines is 12. The van der Waals surface area contributed by atoms with Gasteiger partial charge in [0.1, 0.15) is 6.54 Å². The van der Waals surface area contributed by atoms with Gasteiger partial charge in [-0.2, -0.15) is 8.42 Å². The number of hydrogen-bond acceptors (Lipinski definition) is 23. The summed E-state index contributed by atoms with van der Waals surface area (Å²) in [5, 5.41) is 11.1. The molecule has 0 saturated carbocycles. The van der Waals surface area contributed by atoms with Gasteiger partial charge in [-0.25, -0.2) is 0 Å². The first-order valence-corrected chi connectivity index (χ1v) is 37.2. The van der Waals surface area contributed by atoms with E-state index in [2.05, 4.69) is 108 Å². The number of unbranched alkanes of at least 4 members (excludes halogenated alkanes) is 1. The summed E-state index contributed by atoms with van der Waals surface area (Å²) in [6.45, 7) is 35.6. The van der Waals surface area contributed by atoms with Gasteiger partial charge in [0, 0.05) is 155 Å². The fourth-order valence-corrected chi connectivity index (χ4v) is 9.82. The van der Waals surface area contributed by atoms with Crippen molar-refractivity contribution in [3.63, 3.8) is 0 Å². The first kappa shape index (κ1) is 93.0. The highest BCUT2D eigenvalue weighted by molar-refractivity contribution is 7.85. The Balaban J connectivity index is 0.000000627. The van der Waals surface area contributed by atoms with Gasteiger partial charge in [-0.3, -0.25) is 9.35 Å². The zero-order chi connectivity index (χ0) is 76.6. The maximum absolute atomic E-state index is 10.7. The Morgan fingerprint density at radius 1 is 0.417 bits per heavy atom. The van der Waals surface area contributed by atoms with Gasteiger partial charge in [0.2, 0.25) is 0 Å². The first-order chi connectivity index (χ1) is 49.4. The van der Waals surface area contributed by atoms with E-state index in [1.54, 1.807) is 38.5 Å². The normalized spacial score (nSPS) is 10.6. The lowest BCUT2D eigenvalue weighted by molar-refractivity contribution is -0.134. The molecule has 15 N–H and O–H groups in total. The van der Waals surface area contributed by atoms with E-state index in [0.717, 1.165) is 123 Å². The van der Waals surface area contributed by atoms with Gasteiger partial charge < -0.3 is 107 Å². The number of rotatable bonds is 44. The summed E-state index contributed by atoms with van der Waals surface area (Å²) >= 11 is 0. The number of carboxylic acid groups (broad SMARTS) is 1. The molecule has 0 bridgehead atoms. The van der Waals surface area contributed by atoms with Crippen molar-refractivity contribution in [2.75, 3.05) is 249 Å². The molecule has 0 aliphatic heterocycles. The fourth-order valence-electron chi connectivity index (χ4n) is 9.33. The van der Waals surface area contributed by atoms with Crippen molar-refractivity contribution in [2.24, 2.45) is 0 Å². The molecule has 0 unspecified atom stereocenters. The van der Waals surface area contributed by atoms with Crippen LogP contribution in [0.15, 0.2) is 127 Å². The van der Waals surface area contributed by atoms with Crippen LogP contribution in [-0.4, -0.2) is 209 Å². The number of aryl methyl sites for hydroxylation is 3. The van der Waals surface area contributed by atoms with Crippen LogP contribution < -0.4 is 64.2 Å². The number of likely N-dealkylation sites (N-methyl/N-ethyl adjacent to an activating group) is 3. The lowest BCUT2D eigenvalue weighted by Gasteiger charge is -2.24. The van der Waals surface area contributed by atoms with E-state index >= 15 is 0 Å². The fraction of sp³-hybridized carbons (Fsp3) is 0.519. The van der Waals surface area contributed by atoms with E-state index in [4.69, 9.17) is 82.0 Å². The maximum atomic E-state index is 10.7. The minimum Gasteiger partial charge on any atom is -0.480 e. The Labute approximate surface area is 617 Å². The molecule has 0 spiro atoms. The second-order valence-electron chi connectivity index (χ2n) is 23.7. The topological polar surface area (TPSA) is 350 Å². The predicted octanol–water partition coefficient (Wildman–Crippen LogP) is 11.3. The third-order valence-electron chi connectivity index (χ3n) is 15.7. The molecule has 6 rings (SSSR count). The van der Waals surface area contributed by atoms with E-state index in [-0.39, 0.29) is 12.3 Å². The van der Waals surface area contributed by atoms with Crippen LogP contribution in [0, 0.1) is 20.8 Å². The number of nitrogens with one attached hydrogen (secondary N) is 1. The van der Waals surface area contributed by atoms with Crippen LogP contribution in [0.2, 0.25) is 0 Å². The summed E-state index contributed by atoms with van der Waals surface area (Å²) in [6.07, 6.45) is 2.52. The summed E-state index contributed by atoms with van der Waals surface area (Å²) in [7, 11) is 1.53. The standard InChI is InChI=1S/C17H30N2O3.C16H28N2O3.C14H24N2O2.C13H22N2O3S.C9H14N2.C8H10N2O2/c1-4-19(16-6-7-17(18)15(3)14-16)8-9-21-12-13-22-11-10-20-5-2;1-4-18(15-5-6-16(17)14(2)13-15)7-8-20-11-12-21-10-9-19-3;1-4-16(7-8-18-10-9-17-3)13-5-6-14(15)12(2)11-13;1-2-3-9-15(10-4-11-19(16,17)18)13-7-5-12(14)6-8-13;1-3-11(2)9-6-4-8(10)5-7-9;9-6-1-3-7(4-2-6)10-5-8(11)12/h6-7,14H,4-5,8-13,18H2,1-3H3;5-6,13H,4,7-12,17H2,1-3H3;5-6,11H,4,7-10,15H2,1-3H3;5-8H,2-4,9-11,14H2,1H3,(H,16,17,18);4-7H,3,10H2,1-2H3;1-4,10H,5,9H2,(H,11,12). The SMILES string of the molecule is CCCCN(CCCS(=O)(=O)O)c1ccc(N)cc1.CCN(C)c1ccc(N)cc1.CCN(CCOCCOC)c1ccc(N)c(C)c1.CCN(CCOCCOCCOC)c1ccc(N)c(C)c1.CCOCCOCCOCCN(CC)c1ccc(N)c(C)c1.Nc1ccc(NCC(=O)O)cc1. The van der Waals surface area contributed by atoms with Crippen molar-refractivity contribution in [2.45, 2.75) is 81.6 Å². The molecule has 6 aromatic rings. The minimum atomic E-state index is -3.88. The van der Waals surface area contributed by atoms with Gasteiger partial charge in [0.25, 0.3) is 10.1 Å². The minimum absolute atomic E-state index is 0.0794. The maximum Gasteiger partial charge on any atom is 0.322 e. The smallest absolute Gasteiger partial charge is 0.322 e. The van der Waals surface area contributed by atoms with Crippen LogP contribution in [0.25, 0.3) is 0 Å². The van der Waals surface area contributed by atoms with E-state index in [1.165, 1.54) is 22.7 Å². The summed E-state index contributed by atoms with van der Waals surface area (Å²) < 4.78 is 72.7. The van der Waals surface area contributed by atoms with Crippen LogP contribution in [0.1, 0.15) is 77.5 Å². The van der Waals surface area contributed by atoms with E-state index in [9.17, 15) is 13.2 Å². The molecule has 0 aliphatic carbocycles. The Morgan fingerprint density at radius 3 is 1.07 bits per heavy atom. The highest BCUT2D eigenvalue weighted by Gasteiger charge is 2.12. The van der Waals surface area contributed by atoms with Gasteiger partial charge in [0.05, 0.1) is 91.6 Å². The zero-order valence-electron chi connectivity index (χ0n) is 63.9. The van der Waals surface area contributed by atoms with Crippen molar-refractivity contribution in [3.8, 4) is 0 Å². The molecular formula is C77H128N12O13S. The molecule has 6 aromatic carbocycles. The molecule has 103 heavy (non-hydrogen) atoms. The summed E-state index contributed by atoms with van der Waals surface area (Å²) in [6, 6.07) is 40.7. The summed E-state index contributed by atoms with van der Waals surface area (Å²) in [5.41, 5.74) is 48.8. The number of benzene rings is 6. The summed E-state index contributed by atoms with van der Waals surface area (Å²) in [4.78, 5) is 21.3. The average molecular weight is 1460 g/mol. The molecule has 0 fully saturated rings. The van der Waals surface area contributed by atoms with Crippen LogP contribution >= 0.6 is 0 Å². The monoisotopic (exact) mass is 1460 g/mol. The number of ether oxygens (including phenoxy) is 8. The number of carbonyl (C=O) groups is 1. The number of nitrogens with zero attached hydrogens (tertiary/aromatic N) is 5. The number of carboxylic acids is 1. The molecular weight excluding hydrogens is 1330 g/mol. The van der Waals surface area contributed by atoms with Crippen molar-refractivity contribution in [1.29, 1.82) is 0 Å². The largest absolute Gasteiger partial charge is 0.480 e. The van der Waals surface area contributed by atoms with Crippen molar-refractivity contribution < 1.29 is 60.8 Å². The molecule has 0 amide bonds. The number of methoxy groups -OCH3 is 2. The molecule has 0 aliphatic rings. The molecule has 25 nitrogen and oxygen atoms in total. The molecule has 0 aromatic heterocycles. The van der Waals surface area contributed by atoms with Crippen LogP contribution in [0.3, 0.4) is 0 Å². The number of aliphatic carboxylic acids is 1. The highest BCUT2D eigenvalue weighted by atomic mass is 32.2. The van der Waals surface area contributed by atoms with Gasteiger partial charge >= 0.3 is 5.97 Å². The Kier molecular flexibility index (Phi) is 51.8. The van der Waals surface area contributed by atoms with Crippen molar-refractivity contribution in [1.82, 2.24) is 0 Å². The highest BCUT2D eigenvalue weighted by Crippen LogP contribution is 2.24.